The van der Waals surface area contributed by atoms with Crippen LogP contribution in [0.25, 0.3) is 0 Å². The number of benzene rings is 2. The van der Waals surface area contributed by atoms with Crippen LogP contribution in [0, 0.1) is 6.92 Å². The summed E-state index contributed by atoms with van der Waals surface area (Å²) in [5.41, 5.74) is 3.55. The molecule has 0 aliphatic heterocycles. The maximum Gasteiger partial charge on any atom is 0.119 e. The molecule has 0 heterocycles. The van der Waals surface area contributed by atoms with Gasteiger partial charge in [-0.25, -0.2) is 0 Å². The van der Waals surface area contributed by atoms with Crippen LogP contribution < -0.4 is 4.74 Å². The molecule has 0 fully saturated rings. The van der Waals surface area contributed by atoms with Gasteiger partial charge < -0.3 is 4.74 Å². The molecule has 17 heavy (non-hydrogen) atoms. The summed E-state index contributed by atoms with van der Waals surface area (Å²) in [5, 5.41) is 0. The van der Waals surface area contributed by atoms with Crippen molar-refractivity contribution in [3.63, 3.8) is 0 Å². The van der Waals surface area contributed by atoms with Crippen LogP contribution in [-0.2, 0) is 12.5 Å². The molecule has 0 aromatic heterocycles. The fourth-order valence-electron chi connectivity index (χ4n) is 1.64. The molecule has 0 aliphatic carbocycles. The highest BCUT2D eigenvalue weighted by Gasteiger charge is 1.97. The molecule has 0 spiro atoms. The summed E-state index contributed by atoms with van der Waals surface area (Å²) in [6.07, 6.45) is 0. The van der Waals surface area contributed by atoms with Gasteiger partial charge >= 0.3 is 0 Å². The molecule has 0 bridgehead atoms. The Bertz CT molecular complexity index is 477. The summed E-state index contributed by atoms with van der Waals surface area (Å²) in [7, 11) is 0. The molecule has 2 rings (SSSR count). The van der Waals surface area contributed by atoms with Gasteiger partial charge in [-0.05, 0) is 30.2 Å². The van der Waals surface area contributed by atoms with E-state index in [4.69, 9.17) is 16.3 Å². The van der Waals surface area contributed by atoms with Gasteiger partial charge in [0.15, 0.2) is 0 Å². The van der Waals surface area contributed by atoms with Gasteiger partial charge in [-0.2, -0.15) is 0 Å². The maximum absolute atomic E-state index is 5.73. The summed E-state index contributed by atoms with van der Waals surface area (Å²) >= 11 is 5.73. The highest BCUT2D eigenvalue weighted by atomic mass is 35.5. The lowest BCUT2D eigenvalue weighted by Gasteiger charge is -2.07. The van der Waals surface area contributed by atoms with Crippen molar-refractivity contribution in [1.82, 2.24) is 0 Å². The summed E-state index contributed by atoms with van der Waals surface area (Å²) in [5.74, 6) is 1.42. The van der Waals surface area contributed by atoms with Gasteiger partial charge in [0.25, 0.3) is 0 Å². The van der Waals surface area contributed by atoms with Crippen LogP contribution in [0.2, 0.25) is 0 Å². The molecule has 1 nitrogen and oxygen atoms in total. The molecule has 2 aromatic rings. The minimum absolute atomic E-state index is 0.540. The lowest BCUT2D eigenvalue weighted by Crippen LogP contribution is -1.95. The van der Waals surface area contributed by atoms with Crippen molar-refractivity contribution in [3.05, 3.63) is 65.2 Å². The molecule has 0 atom stereocenters. The van der Waals surface area contributed by atoms with Crippen LogP contribution in [-0.4, -0.2) is 0 Å². The van der Waals surface area contributed by atoms with Crippen molar-refractivity contribution in [2.45, 2.75) is 19.4 Å². The van der Waals surface area contributed by atoms with Crippen molar-refractivity contribution in [2.75, 3.05) is 0 Å². The molecule has 88 valence electrons. The minimum Gasteiger partial charge on any atom is -0.489 e. The molecule has 0 aliphatic rings. The highest BCUT2D eigenvalue weighted by Crippen LogP contribution is 2.15. The van der Waals surface area contributed by atoms with E-state index < -0.39 is 0 Å². The normalized spacial score (nSPS) is 10.2. The fraction of sp³-hybridized carbons (Fsp3) is 0.200. The third kappa shape index (κ3) is 3.50. The molecule has 0 saturated carbocycles. The Morgan fingerprint density at radius 2 is 1.76 bits per heavy atom. The second-order valence-corrected chi connectivity index (χ2v) is 4.32. The Morgan fingerprint density at radius 3 is 2.41 bits per heavy atom. The van der Waals surface area contributed by atoms with E-state index in [0.29, 0.717) is 12.5 Å². The van der Waals surface area contributed by atoms with Crippen LogP contribution in [0.4, 0.5) is 0 Å². The monoisotopic (exact) mass is 246 g/mol. The van der Waals surface area contributed by atoms with Crippen molar-refractivity contribution in [3.8, 4) is 5.75 Å². The Balaban J connectivity index is 1.97. The first-order chi connectivity index (χ1) is 8.28. The SMILES string of the molecule is Cc1cccc(COc2ccc(CCl)cc2)c1. The Hall–Kier alpha value is -1.47. The Kier molecular flexibility index (Phi) is 4.05. The molecular formula is C15H15ClO. The van der Waals surface area contributed by atoms with Crippen LogP contribution in [0.1, 0.15) is 16.7 Å². The molecule has 2 heteroatoms. The minimum atomic E-state index is 0.540. The number of rotatable bonds is 4. The third-order valence-electron chi connectivity index (χ3n) is 2.57. The lowest BCUT2D eigenvalue weighted by molar-refractivity contribution is 0.306. The number of aryl methyl sites for hydroxylation is 1. The summed E-state index contributed by atoms with van der Waals surface area (Å²) in [6.45, 7) is 2.68. The van der Waals surface area contributed by atoms with Gasteiger partial charge in [0.1, 0.15) is 12.4 Å². The van der Waals surface area contributed by atoms with Gasteiger partial charge in [0, 0.05) is 5.88 Å². The van der Waals surface area contributed by atoms with Crippen LogP contribution in [0.15, 0.2) is 48.5 Å². The third-order valence-corrected chi connectivity index (χ3v) is 2.87. The van der Waals surface area contributed by atoms with E-state index in [1.54, 1.807) is 0 Å². The smallest absolute Gasteiger partial charge is 0.119 e. The highest BCUT2D eigenvalue weighted by molar-refractivity contribution is 6.17. The quantitative estimate of drug-likeness (QED) is 0.731. The van der Waals surface area contributed by atoms with E-state index in [-0.39, 0.29) is 0 Å². The van der Waals surface area contributed by atoms with Gasteiger partial charge in [0.05, 0.1) is 0 Å². The average molecular weight is 247 g/mol. The molecule has 0 N–H and O–H groups in total. The average Bonchev–Trinajstić information content (AvgIpc) is 2.37. The predicted octanol–water partition coefficient (Wildman–Crippen LogP) is 4.31. The zero-order valence-electron chi connectivity index (χ0n) is 9.82. The first-order valence-corrected chi connectivity index (χ1v) is 6.14. The zero-order valence-corrected chi connectivity index (χ0v) is 10.6. The second kappa shape index (κ2) is 5.74. The van der Waals surface area contributed by atoms with E-state index in [1.807, 2.05) is 30.3 Å². The Labute approximate surface area is 107 Å². The second-order valence-electron chi connectivity index (χ2n) is 4.06. The van der Waals surface area contributed by atoms with Crippen LogP contribution >= 0.6 is 11.6 Å². The van der Waals surface area contributed by atoms with Crippen LogP contribution in [0.5, 0.6) is 5.75 Å². The number of alkyl halides is 1. The van der Waals surface area contributed by atoms with Crippen molar-refractivity contribution in [2.24, 2.45) is 0 Å². The topological polar surface area (TPSA) is 9.23 Å². The van der Waals surface area contributed by atoms with Crippen molar-refractivity contribution in [1.29, 1.82) is 0 Å². The first kappa shape index (κ1) is 12.0. The standard InChI is InChI=1S/C15H15ClO/c1-12-3-2-4-14(9-12)11-17-15-7-5-13(10-16)6-8-15/h2-9H,10-11H2,1H3. The summed E-state index contributed by atoms with van der Waals surface area (Å²) in [4.78, 5) is 0. The summed E-state index contributed by atoms with van der Waals surface area (Å²) in [6, 6.07) is 16.2. The molecule has 0 saturated heterocycles. The van der Waals surface area contributed by atoms with Gasteiger partial charge in [-0.3, -0.25) is 0 Å². The van der Waals surface area contributed by atoms with Gasteiger partial charge in [-0.15, -0.1) is 11.6 Å². The van der Waals surface area contributed by atoms with E-state index in [9.17, 15) is 0 Å². The Morgan fingerprint density at radius 1 is 1.00 bits per heavy atom. The number of halogens is 1. The summed E-state index contributed by atoms with van der Waals surface area (Å²) < 4.78 is 5.70. The van der Waals surface area contributed by atoms with E-state index in [2.05, 4.69) is 25.1 Å². The number of hydrogen-bond donors (Lipinski definition) is 0. The van der Waals surface area contributed by atoms with E-state index in [0.717, 1.165) is 11.3 Å². The van der Waals surface area contributed by atoms with Gasteiger partial charge in [-0.1, -0.05) is 42.0 Å². The van der Waals surface area contributed by atoms with Gasteiger partial charge in [0.2, 0.25) is 0 Å². The number of ether oxygens (including phenoxy) is 1. The molecule has 2 aromatic carbocycles. The fourth-order valence-corrected chi connectivity index (χ4v) is 1.82. The maximum atomic E-state index is 5.73. The van der Waals surface area contributed by atoms with Crippen molar-refractivity contribution < 1.29 is 4.74 Å². The van der Waals surface area contributed by atoms with Crippen molar-refractivity contribution >= 4 is 11.6 Å². The lowest BCUT2D eigenvalue weighted by atomic mass is 10.1. The van der Waals surface area contributed by atoms with E-state index in [1.165, 1.54) is 11.1 Å². The van der Waals surface area contributed by atoms with E-state index >= 15 is 0 Å². The molecule has 0 radical (unpaired) electrons. The van der Waals surface area contributed by atoms with Crippen LogP contribution in [0.3, 0.4) is 0 Å². The zero-order chi connectivity index (χ0) is 12.1. The molecule has 0 amide bonds. The predicted molar refractivity (Wildman–Crippen MR) is 71.5 cm³/mol. The molecular weight excluding hydrogens is 232 g/mol. The first-order valence-electron chi connectivity index (χ1n) is 5.61. The molecule has 0 unspecified atom stereocenters. The number of hydrogen-bond acceptors (Lipinski definition) is 1. The largest absolute Gasteiger partial charge is 0.489 e.